The van der Waals surface area contributed by atoms with Crippen LogP contribution in [0.4, 0.5) is 0 Å². The van der Waals surface area contributed by atoms with E-state index in [2.05, 4.69) is 34.5 Å². The van der Waals surface area contributed by atoms with E-state index in [1.807, 2.05) is 30.5 Å². The van der Waals surface area contributed by atoms with Gasteiger partial charge in [-0.25, -0.2) is 0 Å². The van der Waals surface area contributed by atoms with Crippen LogP contribution in [0.2, 0.25) is 0 Å². The van der Waals surface area contributed by atoms with Crippen molar-refractivity contribution in [3.05, 3.63) is 105 Å². The number of rotatable bonds is 10. The lowest BCUT2D eigenvalue weighted by Crippen LogP contribution is -2.70. The standard InChI is InChI=1S/C55H59N3O12/c1-65-20-4-3-19-56-24-30-13-17-41-37(22-30)39(25-57-41)43-18-16-36-44(66-2)23-38-34-15-14-32-9-5-11-33(32)46(34)48-42(60)27-58-26-40-31(8-6-12-35(40)53(58)63)10-7-21-67-52-49(61)45(28-68-43)69-54(55(52,64)29-59)70-51(36)47(38)50(48)62/h6,8,12-13,16-18,22-23,25,32-33,43,45,49,52,54,56-57,59,61-62,64H,3-5,9-11,14-15,19-20,24,26-29H2,1-2H3. The molecule has 1 saturated carbocycles. The van der Waals surface area contributed by atoms with E-state index < -0.39 is 48.7 Å². The molecule has 0 spiro atoms. The number of hydrogen-bond donors (Lipinski definition) is 6. The second-order valence-corrected chi connectivity index (χ2v) is 19.6. The first-order chi connectivity index (χ1) is 34.1. The lowest BCUT2D eigenvalue weighted by molar-refractivity contribution is -0.328. The van der Waals surface area contributed by atoms with Crippen molar-refractivity contribution in [3.8, 4) is 29.3 Å². The fraction of sp³-hybridized carbons (Fsp3) is 0.455. The van der Waals surface area contributed by atoms with Crippen molar-refractivity contribution in [1.82, 2.24) is 15.2 Å². The number of Topliss-reactive ketones (excluding diaryl/α,β-unsaturated/α-hetero) is 1. The van der Waals surface area contributed by atoms with Crippen LogP contribution in [-0.4, -0.2) is 119 Å². The molecule has 6 aliphatic rings. The molecule has 0 radical (unpaired) electrons. The summed E-state index contributed by atoms with van der Waals surface area (Å²) in [5.74, 6) is 2.64. The molecule has 8 atom stereocenters. The highest BCUT2D eigenvalue weighted by molar-refractivity contribution is 6.13. The normalized spacial score (nSPS) is 26.9. The minimum atomic E-state index is -2.45. The number of aromatic amines is 1. The molecule has 1 aromatic heterocycles. The molecule has 2 fully saturated rings. The molecule has 4 aromatic carbocycles. The number of benzene rings is 4. The fourth-order valence-electron chi connectivity index (χ4n) is 12.0. The number of ketones is 1. The topological polar surface area (TPSA) is 202 Å². The second-order valence-electron chi connectivity index (χ2n) is 19.6. The van der Waals surface area contributed by atoms with Gasteiger partial charge in [0.2, 0.25) is 6.29 Å². The van der Waals surface area contributed by atoms with Crippen molar-refractivity contribution in [2.45, 2.75) is 107 Å². The van der Waals surface area contributed by atoms with Crippen LogP contribution >= 0.6 is 0 Å². The first-order valence-electron chi connectivity index (χ1n) is 24.5. The van der Waals surface area contributed by atoms with Gasteiger partial charge in [0.1, 0.15) is 41.7 Å². The average molecular weight is 954 g/mol. The molecule has 2 aliphatic carbocycles. The lowest BCUT2D eigenvalue weighted by Gasteiger charge is -2.47. The van der Waals surface area contributed by atoms with Crippen LogP contribution in [0.25, 0.3) is 27.8 Å². The zero-order valence-electron chi connectivity index (χ0n) is 39.4. The zero-order valence-corrected chi connectivity index (χ0v) is 39.4. The Bertz CT molecular complexity index is 2970. The third-order valence-corrected chi connectivity index (χ3v) is 15.6. The van der Waals surface area contributed by atoms with Gasteiger partial charge in [-0.05, 0) is 120 Å². The van der Waals surface area contributed by atoms with E-state index in [-0.39, 0.29) is 60.4 Å². The van der Waals surface area contributed by atoms with Crippen LogP contribution in [-0.2, 0) is 44.9 Å². The maximum absolute atomic E-state index is 15.2. The van der Waals surface area contributed by atoms with Gasteiger partial charge >= 0.3 is 0 Å². The number of aromatic hydroxyl groups is 1. The largest absolute Gasteiger partial charge is 0.506 e. The molecular weight excluding hydrogens is 895 g/mol. The van der Waals surface area contributed by atoms with Crippen LogP contribution in [0.5, 0.6) is 17.2 Å². The number of phenolic OH excluding ortho intramolecular Hbond substituents is 1. The Morgan fingerprint density at radius 1 is 1.04 bits per heavy atom. The summed E-state index contributed by atoms with van der Waals surface area (Å²) in [4.78, 5) is 34.2. The van der Waals surface area contributed by atoms with Crippen molar-refractivity contribution in [2.24, 2.45) is 5.92 Å². The third kappa shape index (κ3) is 7.90. The Morgan fingerprint density at radius 3 is 2.77 bits per heavy atom. The maximum atomic E-state index is 15.2. The van der Waals surface area contributed by atoms with Crippen molar-refractivity contribution < 1.29 is 58.4 Å². The number of hydrogen-bond acceptors (Lipinski definition) is 13. The Kier molecular flexibility index (Phi) is 12.6. The highest BCUT2D eigenvalue weighted by atomic mass is 16.7. The number of nitrogens with one attached hydrogen (secondary N) is 2. The van der Waals surface area contributed by atoms with E-state index in [0.29, 0.717) is 47.8 Å². The summed E-state index contributed by atoms with van der Waals surface area (Å²) in [6.45, 7) is 0.854. The number of unbranched alkanes of at least 4 members (excludes halogenated alkanes) is 1. The van der Waals surface area contributed by atoms with Crippen LogP contribution in [0, 0.1) is 17.9 Å². The quantitative estimate of drug-likeness (QED) is 0.0694. The predicted octanol–water partition coefficient (Wildman–Crippen LogP) is 6.10. The third-order valence-electron chi connectivity index (χ3n) is 15.6. The first kappa shape index (κ1) is 46.4. The van der Waals surface area contributed by atoms with E-state index >= 15 is 4.79 Å². The monoisotopic (exact) mass is 953 g/mol. The first-order valence-corrected chi connectivity index (χ1v) is 24.5. The van der Waals surface area contributed by atoms with E-state index in [0.717, 1.165) is 89.4 Å². The van der Waals surface area contributed by atoms with E-state index in [4.69, 9.17) is 28.4 Å². The van der Waals surface area contributed by atoms with Gasteiger partial charge in [-0.15, -0.1) is 0 Å². The number of carbonyl (C=O) groups excluding carboxylic acids is 2. The summed E-state index contributed by atoms with van der Waals surface area (Å²) >= 11 is 0. The summed E-state index contributed by atoms with van der Waals surface area (Å²) in [5, 5.41) is 54.2. The van der Waals surface area contributed by atoms with Gasteiger partial charge in [-0.2, -0.15) is 0 Å². The Hall–Kier alpha value is -5.96. The van der Waals surface area contributed by atoms with E-state index in [1.165, 1.54) is 12.0 Å². The number of fused-ring (bicyclic) bond motifs is 10. The summed E-state index contributed by atoms with van der Waals surface area (Å²) < 4.78 is 37.6. The Morgan fingerprint density at radius 2 is 1.93 bits per heavy atom. The minimum Gasteiger partial charge on any atom is -0.506 e. The van der Waals surface area contributed by atoms with Crippen molar-refractivity contribution in [3.63, 3.8) is 0 Å². The summed E-state index contributed by atoms with van der Waals surface area (Å²) in [5.41, 5.74) is 4.35. The molecule has 11 rings (SSSR count). The van der Waals surface area contributed by atoms with Gasteiger partial charge in [0, 0.05) is 61.5 Å². The number of nitrogens with zero attached hydrogens (tertiary/aromatic N) is 1. The molecule has 4 aliphatic heterocycles. The number of ether oxygens (including phenoxy) is 6. The smallest absolute Gasteiger partial charge is 0.254 e. The van der Waals surface area contributed by atoms with Gasteiger partial charge in [-0.1, -0.05) is 36.6 Å². The summed E-state index contributed by atoms with van der Waals surface area (Å²) in [6.07, 6.45) is 7.58. The molecule has 366 valence electrons. The Labute approximate surface area is 405 Å². The molecule has 8 unspecified atom stereocenters. The van der Waals surface area contributed by atoms with Crippen LogP contribution in [0.15, 0.2) is 54.7 Å². The maximum Gasteiger partial charge on any atom is 0.254 e. The molecule has 70 heavy (non-hydrogen) atoms. The zero-order chi connectivity index (χ0) is 48.3. The fourth-order valence-corrected chi connectivity index (χ4v) is 12.0. The van der Waals surface area contributed by atoms with Crippen LogP contribution < -0.4 is 14.8 Å². The number of aromatic nitrogens is 1. The van der Waals surface area contributed by atoms with Crippen LogP contribution in [0.3, 0.4) is 0 Å². The van der Waals surface area contributed by atoms with Gasteiger partial charge in [-0.3, -0.25) is 9.59 Å². The summed E-state index contributed by atoms with van der Waals surface area (Å²) in [7, 11) is 3.24. The highest BCUT2D eigenvalue weighted by Gasteiger charge is 2.59. The number of aliphatic hydroxyl groups excluding tert-OH is 2. The molecule has 1 amide bonds. The minimum absolute atomic E-state index is 0.000747. The number of aliphatic hydroxyl groups is 3. The van der Waals surface area contributed by atoms with Gasteiger partial charge in [0.05, 0.1) is 43.4 Å². The molecular formula is C55H59N3O12. The number of amides is 1. The second kappa shape index (κ2) is 19.0. The molecule has 5 aromatic rings. The predicted molar refractivity (Wildman–Crippen MR) is 259 cm³/mol. The average Bonchev–Trinajstić information content (AvgIpc) is 4.10. The molecule has 15 heteroatoms. The molecule has 15 nitrogen and oxygen atoms in total. The van der Waals surface area contributed by atoms with Crippen molar-refractivity contribution >= 4 is 39.4 Å². The number of phenols is 1. The van der Waals surface area contributed by atoms with Gasteiger partial charge < -0.3 is 64.0 Å². The number of methoxy groups -OCH3 is 2. The van der Waals surface area contributed by atoms with E-state index in [1.54, 1.807) is 25.3 Å². The van der Waals surface area contributed by atoms with Gasteiger partial charge in [0.15, 0.2) is 17.5 Å². The van der Waals surface area contributed by atoms with Crippen molar-refractivity contribution in [2.75, 3.05) is 47.1 Å². The Balaban J connectivity index is 1.11. The van der Waals surface area contributed by atoms with E-state index in [9.17, 15) is 25.2 Å². The summed E-state index contributed by atoms with van der Waals surface area (Å²) in [6, 6.07) is 13.4. The molecule has 6 N–H and O–H groups in total. The SMILES string of the molecule is COCCCCNCc1ccc2[nH]cc(C3C=Cc4c(OC)cc5c6c(c7c(O)c5c4OC4OC(CO3)C(O)C(OC#CCc3cccc5c3CN(CC7=O)C5=O)C4(O)CO)C3CCCC3CC6)c2c1. The van der Waals surface area contributed by atoms with Gasteiger partial charge in [0.25, 0.3) is 5.91 Å². The lowest BCUT2D eigenvalue weighted by atomic mass is 9.72. The molecule has 1 saturated heterocycles. The highest BCUT2D eigenvalue weighted by Crippen LogP contribution is 2.56. The number of carbonyl (C=O) groups is 2. The number of aryl methyl sites for hydroxylation is 1. The number of H-pyrrole nitrogens is 1. The molecule has 5 heterocycles. The molecule has 8 bridgehead atoms. The van der Waals surface area contributed by atoms with Crippen molar-refractivity contribution in [1.29, 1.82) is 0 Å². The van der Waals surface area contributed by atoms with Crippen LogP contribution in [0.1, 0.15) is 110 Å².